The molecule has 8 nitrogen and oxygen atoms in total. The van der Waals surface area contributed by atoms with Crippen LogP contribution in [-0.4, -0.2) is 43.2 Å². The number of rotatable bonds is 9. The van der Waals surface area contributed by atoms with Gasteiger partial charge in [0.2, 0.25) is 5.91 Å². The van der Waals surface area contributed by atoms with Crippen molar-refractivity contribution >= 4 is 17.5 Å². The van der Waals surface area contributed by atoms with E-state index in [9.17, 15) is 9.59 Å². The van der Waals surface area contributed by atoms with Crippen LogP contribution < -0.4 is 19.1 Å². The Labute approximate surface area is 216 Å². The van der Waals surface area contributed by atoms with Crippen LogP contribution in [0.4, 0.5) is 5.69 Å². The predicted molar refractivity (Wildman–Crippen MR) is 137 cm³/mol. The number of ether oxygens (including phenoxy) is 3. The lowest BCUT2D eigenvalue weighted by Crippen LogP contribution is -2.36. The molecule has 0 aromatic heterocycles. The molecule has 2 fully saturated rings. The van der Waals surface area contributed by atoms with Crippen LogP contribution in [0.15, 0.2) is 72.8 Å². The van der Waals surface area contributed by atoms with Crippen molar-refractivity contribution in [3.05, 3.63) is 83.9 Å². The average Bonchev–Trinajstić information content (AvgIpc) is 3.37. The second-order valence-electron chi connectivity index (χ2n) is 8.87. The summed E-state index contributed by atoms with van der Waals surface area (Å²) in [5, 5.41) is 1.59. The fraction of sp³-hybridized carbons (Fsp3) is 0.310. The molecule has 2 aliphatic rings. The van der Waals surface area contributed by atoms with Crippen LogP contribution in [0.5, 0.6) is 17.2 Å². The van der Waals surface area contributed by atoms with Gasteiger partial charge in [0.25, 0.3) is 5.91 Å². The molecule has 3 aromatic carbocycles. The molecule has 0 unspecified atom stereocenters. The molecule has 5 rings (SSSR count). The maximum atomic E-state index is 13.7. The number of carbonyl (C=O) groups is 2. The number of para-hydroxylation sites is 2. The molecule has 2 aliphatic heterocycles. The van der Waals surface area contributed by atoms with Crippen molar-refractivity contribution in [2.45, 2.75) is 32.6 Å². The monoisotopic (exact) mass is 502 g/mol. The van der Waals surface area contributed by atoms with Crippen molar-refractivity contribution in [2.75, 3.05) is 25.2 Å². The second kappa shape index (κ2) is 10.6. The molecule has 192 valence electrons. The molecule has 0 bridgehead atoms. The first-order valence-corrected chi connectivity index (χ1v) is 12.5. The Morgan fingerprint density at radius 2 is 1.49 bits per heavy atom. The highest BCUT2D eigenvalue weighted by Gasteiger charge is 2.59. The van der Waals surface area contributed by atoms with Gasteiger partial charge in [-0.1, -0.05) is 48.5 Å². The maximum absolute atomic E-state index is 13.7. The van der Waals surface area contributed by atoms with E-state index in [1.807, 2.05) is 68.4 Å². The molecule has 0 radical (unpaired) electrons. The minimum absolute atomic E-state index is 0.320. The number of imide groups is 1. The van der Waals surface area contributed by atoms with Crippen LogP contribution in [-0.2, 0) is 21.0 Å². The van der Waals surface area contributed by atoms with Crippen LogP contribution >= 0.6 is 0 Å². The van der Waals surface area contributed by atoms with Gasteiger partial charge in [-0.15, -0.1) is 0 Å². The highest BCUT2D eigenvalue weighted by Crippen LogP contribution is 2.47. The number of carbonyl (C=O) groups excluding carboxylic acids is 2. The van der Waals surface area contributed by atoms with Gasteiger partial charge in [-0.05, 0) is 49.2 Å². The predicted octanol–water partition coefficient (Wildman–Crippen LogP) is 4.54. The Bertz CT molecular complexity index is 1280. The normalized spacial score (nSPS) is 21.3. The summed E-state index contributed by atoms with van der Waals surface area (Å²) >= 11 is 0. The third kappa shape index (κ3) is 4.65. The van der Waals surface area contributed by atoms with Crippen molar-refractivity contribution in [3.8, 4) is 17.2 Å². The molecule has 3 atom stereocenters. The van der Waals surface area contributed by atoms with Gasteiger partial charge in [0, 0.05) is 7.05 Å². The minimum Gasteiger partial charge on any atom is -0.492 e. The first-order valence-electron chi connectivity index (χ1n) is 12.5. The molecule has 3 aromatic rings. The lowest BCUT2D eigenvalue weighted by atomic mass is 9.91. The summed E-state index contributed by atoms with van der Waals surface area (Å²) in [6.45, 7) is 5.03. The third-order valence-corrected chi connectivity index (χ3v) is 6.56. The molecule has 37 heavy (non-hydrogen) atoms. The van der Waals surface area contributed by atoms with Crippen LogP contribution in [0.25, 0.3) is 0 Å². The standard InChI is InChI=1S/C29H30N2O6/c1-4-34-22-14-10-9-13-21(22)31-28(32)25-26(30(3)37-27(25)29(31)33)20-15-16-23(24(17-20)35-5-2)36-18-19-11-7-6-8-12-19/h6-17,25-27H,4-5,18H2,1-3H3/t25-,26-,27+/m0/s1. The van der Waals surface area contributed by atoms with Gasteiger partial charge in [-0.2, -0.15) is 5.06 Å². The third-order valence-electron chi connectivity index (χ3n) is 6.56. The van der Waals surface area contributed by atoms with Gasteiger partial charge in [0.15, 0.2) is 17.6 Å². The van der Waals surface area contributed by atoms with Crippen molar-refractivity contribution in [2.24, 2.45) is 5.92 Å². The van der Waals surface area contributed by atoms with E-state index < -0.39 is 24.0 Å². The molecular weight excluding hydrogens is 472 g/mol. The van der Waals surface area contributed by atoms with Crippen LogP contribution in [0.2, 0.25) is 0 Å². The Morgan fingerprint density at radius 1 is 0.784 bits per heavy atom. The average molecular weight is 503 g/mol. The summed E-state index contributed by atoms with van der Waals surface area (Å²) in [4.78, 5) is 34.2. The van der Waals surface area contributed by atoms with Gasteiger partial charge in [-0.3, -0.25) is 14.4 Å². The zero-order valence-corrected chi connectivity index (χ0v) is 21.1. The summed E-state index contributed by atoms with van der Waals surface area (Å²) in [5.41, 5.74) is 2.27. The van der Waals surface area contributed by atoms with E-state index in [2.05, 4.69) is 0 Å². The highest BCUT2D eigenvalue weighted by atomic mass is 16.7. The van der Waals surface area contributed by atoms with Crippen molar-refractivity contribution < 1.29 is 28.6 Å². The number of hydrogen-bond donors (Lipinski definition) is 0. The van der Waals surface area contributed by atoms with Crippen molar-refractivity contribution in [1.82, 2.24) is 5.06 Å². The van der Waals surface area contributed by atoms with Crippen molar-refractivity contribution in [3.63, 3.8) is 0 Å². The Hall–Kier alpha value is -3.88. The Morgan fingerprint density at radius 3 is 2.24 bits per heavy atom. The summed E-state index contributed by atoms with van der Waals surface area (Å²) in [5.74, 6) is 0.229. The lowest BCUT2D eigenvalue weighted by molar-refractivity contribution is -0.160. The molecule has 0 N–H and O–H groups in total. The summed E-state index contributed by atoms with van der Waals surface area (Å²) in [7, 11) is 1.74. The molecular formula is C29H30N2O6. The number of nitrogens with zero attached hydrogens (tertiary/aromatic N) is 2. The molecule has 0 spiro atoms. The largest absolute Gasteiger partial charge is 0.492 e. The van der Waals surface area contributed by atoms with Gasteiger partial charge < -0.3 is 14.2 Å². The summed E-state index contributed by atoms with van der Waals surface area (Å²) in [6, 6.07) is 22.1. The molecule has 2 amide bonds. The Balaban J connectivity index is 1.43. The smallest absolute Gasteiger partial charge is 0.266 e. The van der Waals surface area contributed by atoms with E-state index in [1.165, 1.54) is 4.90 Å². The summed E-state index contributed by atoms with van der Waals surface area (Å²) in [6.07, 6.45) is -0.915. The first kappa shape index (κ1) is 24.8. The van der Waals surface area contributed by atoms with Gasteiger partial charge in [0.1, 0.15) is 12.4 Å². The number of amides is 2. The van der Waals surface area contributed by atoms with E-state index >= 15 is 0 Å². The number of fused-ring (bicyclic) bond motifs is 1. The van der Waals surface area contributed by atoms with Crippen LogP contribution in [0.1, 0.15) is 31.0 Å². The van der Waals surface area contributed by atoms with E-state index in [-0.39, 0.29) is 5.91 Å². The van der Waals surface area contributed by atoms with E-state index in [1.54, 1.807) is 30.3 Å². The van der Waals surface area contributed by atoms with E-state index in [0.29, 0.717) is 42.8 Å². The number of hydrogen-bond acceptors (Lipinski definition) is 7. The second-order valence-corrected chi connectivity index (χ2v) is 8.87. The SMILES string of the molecule is CCOc1cc([C@H]2[C@@H]3C(=O)N(c4ccccc4OCC)C(=O)[C@@H]3ON2C)ccc1OCc1ccccc1. The maximum Gasteiger partial charge on any atom is 0.266 e. The van der Waals surface area contributed by atoms with Gasteiger partial charge in [0.05, 0.1) is 30.9 Å². The molecule has 8 heteroatoms. The number of benzene rings is 3. The van der Waals surface area contributed by atoms with Gasteiger partial charge in [-0.25, -0.2) is 4.90 Å². The number of hydroxylamine groups is 2. The van der Waals surface area contributed by atoms with Crippen molar-refractivity contribution in [1.29, 1.82) is 0 Å². The van der Waals surface area contributed by atoms with E-state index in [4.69, 9.17) is 19.0 Å². The Kier molecular flexibility index (Phi) is 7.12. The molecule has 0 aliphatic carbocycles. The molecule has 2 saturated heterocycles. The minimum atomic E-state index is -0.915. The van der Waals surface area contributed by atoms with E-state index in [0.717, 1.165) is 11.1 Å². The molecule has 0 saturated carbocycles. The quantitative estimate of drug-likeness (QED) is 0.398. The fourth-order valence-electron chi connectivity index (χ4n) is 4.96. The zero-order chi connectivity index (χ0) is 25.9. The summed E-state index contributed by atoms with van der Waals surface area (Å²) < 4.78 is 17.6. The number of anilines is 1. The van der Waals surface area contributed by atoms with Gasteiger partial charge >= 0.3 is 0 Å². The zero-order valence-electron chi connectivity index (χ0n) is 21.1. The molecule has 2 heterocycles. The fourth-order valence-corrected chi connectivity index (χ4v) is 4.96. The van der Waals surface area contributed by atoms with Crippen LogP contribution in [0, 0.1) is 5.92 Å². The lowest BCUT2D eigenvalue weighted by Gasteiger charge is -2.25. The topological polar surface area (TPSA) is 77.5 Å². The first-order chi connectivity index (χ1) is 18.0. The van der Waals surface area contributed by atoms with Crippen LogP contribution in [0.3, 0.4) is 0 Å². The highest BCUT2D eigenvalue weighted by molar-refractivity contribution is 6.24.